The van der Waals surface area contributed by atoms with Crippen molar-refractivity contribution < 1.29 is 41.8 Å². The fourth-order valence-electron chi connectivity index (χ4n) is 3.93. The van der Waals surface area contributed by atoms with Gasteiger partial charge in [-0.05, 0) is 44.0 Å². The Morgan fingerprint density at radius 3 is 2.45 bits per heavy atom. The molecule has 4 rings (SSSR count). The minimum atomic E-state index is -5.08. The van der Waals surface area contributed by atoms with E-state index in [0.29, 0.717) is 43.5 Å². The van der Waals surface area contributed by atoms with Crippen LogP contribution in [0.25, 0.3) is 0 Å². The van der Waals surface area contributed by atoms with Crippen molar-refractivity contribution in [3.8, 4) is 0 Å². The third kappa shape index (κ3) is 5.91. The van der Waals surface area contributed by atoms with Gasteiger partial charge < -0.3 is 23.9 Å². The maximum Gasteiger partial charge on any atom is 0.490 e. The largest absolute Gasteiger partial charge is 0.490 e. The highest BCUT2D eigenvalue weighted by Crippen LogP contribution is 2.41. The number of rotatable bonds is 5. The highest BCUT2D eigenvalue weighted by atomic mass is 19.4. The second-order valence-corrected chi connectivity index (χ2v) is 8.06. The summed E-state index contributed by atoms with van der Waals surface area (Å²) in [5.41, 5.74) is 1.52. The number of ether oxygens (including phenoxy) is 2. The van der Waals surface area contributed by atoms with Crippen molar-refractivity contribution in [2.75, 3.05) is 26.3 Å². The first kappa shape index (κ1) is 24.7. The number of carbonyl (C=O) groups excluding carboxylic acids is 1. The minimum absolute atomic E-state index is 0.0249. The number of aryl methyl sites for hydroxylation is 2. The van der Waals surface area contributed by atoms with Gasteiger partial charge >= 0.3 is 12.1 Å². The molecule has 180 valence electrons. The summed E-state index contributed by atoms with van der Waals surface area (Å²) in [7, 11) is 0. The minimum Gasteiger partial charge on any atom is -0.475 e. The number of carbonyl (C=O) groups is 2. The third-order valence-corrected chi connectivity index (χ3v) is 5.66. The Balaban J connectivity index is 0.000000383. The van der Waals surface area contributed by atoms with Crippen LogP contribution >= 0.6 is 0 Å². The van der Waals surface area contributed by atoms with Crippen LogP contribution in [0.4, 0.5) is 13.2 Å². The maximum atomic E-state index is 12.7. The zero-order valence-electron chi connectivity index (χ0n) is 18.2. The highest BCUT2D eigenvalue weighted by molar-refractivity contribution is 5.96. The van der Waals surface area contributed by atoms with E-state index in [-0.39, 0.29) is 11.5 Å². The van der Waals surface area contributed by atoms with Gasteiger partial charge in [0.2, 0.25) is 0 Å². The standard InChI is InChI=1S/C20H24N2O4.C2HF3O2/c1-14-9-18(15(2)26-14)19(23)22-12-20(13-22)17(5-8-25-20)11-24-10-16-3-6-21-7-4-16;3-2(4,5)1(6)7/h3-4,6-7,9,17H,5,8,10-13H2,1-2H3;(H,6,7). The molecule has 2 aromatic rings. The molecule has 11 heteroatoms. The second kappa shape index (κ2) is 9.92. The van der Waals surface area contributed by atoms with E-state index in [9.17, 15) is 18.0 Å². The average Bonchev–Trinajstić information content (AvgIpc) is 3.29. The van der Waals surface area contributed by atoms with Crippen LogP contribution in [0.2, 0.25) is 0 Å². The lowest BCUT2D eigenvalue weighted by molar-refractivity contribution is -0.192. The molecule has 2 fully saturated rings. The number of aliphatic carboxylic acids is 1. The average molecular weight is 470 g/mol. The van der Waals surface area contributed by atoms with Crippen LogP contribution in [0.15, 0.2) is 35.0 Å². The number of likely N-dealkylation sites (tertiary alicyclic amines) is 1. The maximum absolute atomic E-state index is 12.7. The quantitative estimate of drug-likeness (QED) is 0.715. The smallest absolute Gasteiger partial charge is 0.475 e. The number of hydrogen-bond donors (Lipinski definition) is 1. The number of alkyl halides is 3. The van der Waals surface area contributed by atoms with E-state index in [1.165, 1.54) is 0 Å². The number of halogens is 3. The Morgan fingerprint density at radius 2 is 1.91 bits per heavy atom. The molecule has 0 saturated carbocycles. The first-order chi connectivity index (χ1) is 15.5. The van der Waals surface area contributed by atoms with Gasteiger partial charge in [-0.3, -0.25) is 9.78 Å². The lowest BCUT2D eigenvalue weighted by Gasteiger charge is -2.50. The van der Waals surface area contributed by atoms with E-state index in [1.807, 2.05) is 36.9 Å². The van der Waals surface area contributed by atoms with E-state index in [4.69, 9.17) is 23.8 Å². The summed E-state index contributed by atoms with van der Waals surface area (Å²) in [4.78, 5) is 27.4. The summed E-state index contributed by atoms with van der Waals surface area (Å²) in [6, 6.07) is 5.73. The molecule has 0 aliphatic carbocycles. The Labute approximate surface area is 188 Å². The lowest BCUT2D eigenvalue weighted by Crippen LogP contribution is -2.66. The van der Waals surface area contributed by atoms with Crippen LogP contribution in [-0.2, 0) is 20.9 Å². The van der Waals surface area contributed by atoms with Crippen molar-refractivity contribution >= 4 is 11.9 Å². The van der Waals surface area contributed by atoms with E-state index >= 15 is 0 Å². The SMILES string of the molecule is Cc1cc(C(=O)N2CC3(C2)OCCC3COCc2ccncc2)c(C)o1.O=C(O)C(F)(F)F. The molecule has 2 saturated heterocycles. The summed E-state index contributed by atoms with van der Waals surface area (Å²) >= 11 is 0. The van der Waals surface area contributed by atoms with E-state index in [2.05, 4.69) is 4.98 Å². The summed E-state index contributed by atoms with van der Waals surface area (Å²) in [5.74, 6) is -0.969. The van der Waals surface area contributed by atoms with E-state index in [1.54, 1.807) is 12.4 Å². The van der Waals surface area contributed by atoms with Crippen molar-refractivity contribution in [2.45, 2.75) is 38.7 Å². The van der Waals surface area contributed by atoms with Crippen LogP contribution in [0.3, 0.4) is 0 Å². The van der Waals surface area contributed by atoms with Crippen molar-refractivity contribution in [3.63, 3.8) is 0 Å². The molecule has 0 radical (unpaired) electrons. The molecule has 1 N–H and O–H groups in total. The molecule has 2 aliphatic rings. The number of nitrogens with zero attached hydrogens (tertiary/aromatic N) is 2. The predicted molar refractivity (Wildman–Crippen MR) is 108 cm³/mol. The lowest BCUT2D eigenvalue weighted by atomic mass is 9.81. The molecule has 2 aromatic heterocycles. The topological polar surface area (TPSA) is 102 Å². The van der Waals surface area contributed by atoms with Crippen LogP contribution < -0.4 is 0 Å². The summed E-state index contributed by atoms with van der Waals surface area (Å²) < 4.78 is 49.2. The van der Waals surface area contributed by atoms with Gasteiger partial charge in [0.05, 0.1) is 31.9 Å². The van der Waals surface area contributed by atoms with Crippen molar-refractivity contribution in [2.24, 2.45) is 5.92 Å². The molecule has 0 bridgehead atoms. The first-order valence-corrected chi connectivity index (χ1v) is 10.3. The van der Waals surface area contributed by atoms with Gasteiger partial charge in [0.25, 0.3) is 5.91 Å². The van der Waals surface area contributed by atoms with Crippen molar-refractivity contribution in [1.82, 2.24) is 9.88 Å². The number of aromatic nitrogens is 1. The number of hydrogen-bond acceptors (Lipinski definition) is 6. The van der Waals surface area contributed by atoms with Gasteiger partial charge in [-0.2, -0.15) is 13.2 Å². The summed E-state index contributed by atoms with van der Waals surface area (Å²) in [6.45, 7) is 6.89. The van der Waals surface area contributed by atoms with Gasteiger partial charge in [0.15, 0.2) is 0 Å². The third-order valence-electron chi connectivity index (χ3n) is 5.66. The van der Waals surface area contributed by atoms with Crippen LogP contribution in [0.5, 0.6) is 0 Å². The van der Waals surface area contributed by atoms with Gasteiger partial charge in [-0.15, -0.1) is 0 Å². The molecular weight excluding hydrogens is 445 g/mol. The Bertz CT molecular complexity index is 970. The van der Waals surface area contributed by atoms with Gasteiger partial charge in [0, 0.05) is 24.9 Å². The van der Waals surface area contributed by atoms with Gasteiger partial charge in [-0.1, -0.05) is 0 Å². The molecule has 1 unspecified atom stereocenters. The Morgan fingerprint density at radius 1 is 1.27 bits per heavy atom. The van der Waals surface area contributed by atoms with E-state index < -0.39 is 12.1 Å². The van der Waals surface area contributed by atoms with Gasteiger partial charge in [-0.25, -0.2) is 4.79 Å². The normalized spacial score (nSPS) is 19.1. The highest BCUT2D eigenvalue weighted by Gasteiger charge is 2.54. The number of pyridine rings is 1. The van der Waals surface area contributed by atoms with Crippen LogP contribution in [-0.4, -0.2) is 64.9 Å². The number of amides is 1. The molecule has 8 nitrogen and oxygen atoms in total. The second-order valence-electron chi connectivity index (χ2n) is 8.06. The molecular formula is C22H25F3N2O6. The fourth-order valence-corrected chi connectivity index (χ4v) is 3.93. The monoisotopic (exact) mass is 470 g/mol. The molecule has 4 heterocycles. The van der Waals surface area contributed by atoms with E-state index in [0.717, 1.165) is 24.4 Å². The zero-order chi connectivity index (χ0) is 24.2. The van der Waals surface area contributed by atoms with Crippen LogP contribution in [0, 0.1) is 19.8 Å². The van der Waals surface area contributed by atoms with Crippen molar-refractivity contribution in [3.05, 3.63) is 53.2 Å². The molecule has 33 heavy (non-hydrogen) atoms. The molecule has 1 atom stereocenters. The Kier molecular flexibility index (Phi) is 7.43. The molecule has 2 aliphatic heterocycles. The van der Waals surface area contributed by atoms with Gasteiger partial charge in [0.1, 0.15) is 17.1 Å². The van der Waals surface area contributed by atoms with Crippen LogP contribution in [0.1, 0.15) is 33.9 Å². The molecule has 0 aromatic carbocycles. The number of carboxylic acid groups (broad SMARTS) is 1. The fraction of sp³-hybridized carbons (Fsp3) is 0.500. The Hall–Kier alpha value is -2.92. The first-order valence-electron chi connectivity index (χ1n) is 10.3. The predicted octanol–water partition coefficient (Wildman–Crippen LogP) is 3.37. The summed E-state index contributed by atoms with van der Waals surface area (Å²) in [5, 5.41) is 7.12. The summed E-state index contributed by atoms with van der Waals surface area (Å²) in [6.07, 6.45) is -0.566. The number of carboxylic acids is 1. The molecule has 1 spiro atoms. The number of furan rings is 1. The van der Waals surface area contributed by atoms with Crippen molar-refractivity contribution in [1.29, 1.82) is 0 Å². The zero-order valence-corrected chi connectivity index (χ0v) is 18.2. The molecule has 1 amide bonds.